The number of carbonyl (C=O) groups excluding carboxylic acids is 2. The lowest BCUT2D eigenvalue weighted by atomic mass is 10.1. The number of carbonyl (C=O) groups is 2. The van der Waals surface area contributed by atoms with Crippen molar-refractivity contribution >= 4 is 23.2 Å². The largest absolute Gasteiger partial charge is 0.461 e. The van der Waals surface area contributed by atoms with Crippen LogP contribution in [0.4, 0.5) is 0 Å². The second-order valence-corrected chi connectivity index (χ2v) is 8.22. The summed E-state index contributed by atoms with van der Waals surface area (Å²) < 4.78 is 16.0. The predicted molar refractivity (Wildman–Crippen MR) is 117 cm³/mol. The van der Waals surface area contributed by atoms with Gasteiger partial charge in [-0.05, 0) is 61.0 Å². The van der Waals surface area contributed by atoms with Crippen LogP contribution in [0, 0.1) is 13.8 Å². The molecule has 7 nitrogen and oxygen atoms in total. The molecular formula is C23H24N2O5S. The number of fused-ring (bicyclic) bond motifs is 1. The van der Waals surface area contributed by atoms with Gasteiger partial charge in [0.15, 0.2) is 11.5 Å². The van der Waals surface area contributed by atoms with E-state index in [1.165, 1.54) is 11.3 Å². The summed E-state index contributed by atoms with van der Waals surface area (Å²) in [5.41, 5.74) is 3.92. The lowest BCUT2D eigenvalue weighted by Gasteiger charge is -2.23. The Morgan fingerprint density at radius 1 is 1.16 bits per heavy atom. The first kappa shape index (κ1) is 21.0. The van der Waals surface area contributed by atoms with Gasteiger partial charge in [0, 0.05) is 18.8 Å². The zero-order valence-electron chi connectivity index (χ0n) is 17.7. The van der Waals surface area contributed by atoms with E-state index in [1.54, 1.807) is 11.8 Å². The van der Waals surface area contributed by atoms with Crippen molar-refractivity contribution in [2.24, 2.45) is 0 Å². The van der Waals surface area contributed by atoms with E-state index in [-0.39, 0.29) is 18.7 Å². The molecule has 0 saturated carbocycles. The van der Waals surface area contributed by atoms with Crippen LogP contribution in [-0.2, 0) is 17.8 Å². The van der Waals surface area contributed by atoms with Gasteiger partial charge in [0.2, 0.25) is 6.79 Å². The van der Waals surface area contributed by atoms with Crippen LogP contribution in [0.25, 0.3) is 0 Å². The number of rotatable bonds is 7. The molecular weight excluding hydrogens is 416 g/mol. The van der Waals surface area contributed by atoms with Crippen molar-refractivity contribution < 1.29 is 23.8 Å². The Balaban J connectivity index is 1.64. The Bertz CT molecular complexity index is 1100. The van der Waals surface area contributed by atoms with Crippen LogP contribution in [0.2, 0.25) is 0 Å². The first-order valence-electron chi connectivity index (χ1n) is 10.0. The molecule has 0 atom stereocenters. The molecule has 0 saturated heterocycles. The number of hydrogen-bond acceptors (Lipinski definition) is 6. The highest BCUT2D eigenvalue weighted by Gasteiger charge is 2.24. The highest BCUT2D eigenvalue weighted by Crippen LogP contribution is 2.33. The van der Waals surface area contributed by atoms with Crippen molar-refractivity contribution in [2.75, 3.05) is 13.4 Å². The monoisotopic (exact) mass is 440 g/mol. The number of esters is 1. The Kier molecular flexibility index (Phi) is 5.99. The maximum atomic E-state index is 13.3. The summed E-state index contributed by atoms with van der Waals surface area (Å²) in [6.45, 7) is 6.81. The molecule has 1 aliphatic rings. The van der Waals surface area contributed by atoms with E-state index in [1.807, 2.05) is 49.6 Å². The Morgan fingerprint density at radius 3 is 2.71 bits per heavy atom. The Hall–Kier alpha value is -3.26. The number of hydrogen-bond donors (Lipinski definition) is 1. The smallest absolute Gasteiger partial charge is 0.355 e. The quantitative estimate of drug-likeness (QED) is 0.550. The normalized spacial score (nSPS) is 12.1. The third-order valence-corrected chi connectivity index (χ3v) is 6.11. The minimum Gasteiger partial charge on any atom is -0.461 e. The van der Waals surface area contributed by atoms with Gasteiger partial charge in [-0.2, -0.15) is 0 Å². The number of ether oxygens (including phenoxy) is 3. The lowest BCUT2D eigenvalue weighted by molar-refractivity contribution is 0.0519. The second kappa shape index (κ2) is 8.85. The average Bonchev–Trinajstić information content (AvgIpc) is 3.49. The topological polar surface area (TPSA) is 80.9 Å². The van der Waals surface area contributed by atoms with Gasteiger partial charge in [-0.15, -0.1) is 11.3 Å². The fourth-order valence-corrected chi connectivity index (χ4v) is 4.33. The van der Waals surface area contributed by atoms with E-state index in [0.29, 0.717) is 41.8 Å². The van der Waals surface area contributed by atoms with Crippen molar-refractivity contribution in [1.82, 2.24) is 9.88 Å². The average molecular weight is 441 g/mol. The summed E-state index contributed by atoms with van der Waals surface area (Å²) in [6.07, 6.45) is 0. The number of nitrogens with one attached hydrogen (secondary N) is 1. The third-order valence-electron chi connectivity index (χ3n) is 5.25. The summed E-state index contributed by atoms with van der Waals surface area (Å²) in [5.74, 6) is 0.933. The molecule has 3 aromatic rings. The van der Waals surface area contributed by atoms with Gasteiger partial charge in [-0.25, -0.2) is 4.79 Å². The van der Waals surface area contributed by atoms with Crippen LogP contribution in [0.5, 0.6) is 11.5 Å². The number of aryl methyl sites for hydroxylation is 1. The van der Waals surface area contributed by atoms with Crippen LogP contribution in [-0.4, -0.2) is 35.2 Å². The lowest BCUT2D eigenvalue weighted by Crippen LogP contribution is -2.30. The molecule has 3 heterocycles. The van der Waals surface area contributed by atoms with Crippen LogP contribution in [0.3, 0.4) is 0 Å². The van der Waals surface area contributed by atoms with Crippen molar-refractivity contribution in [1.29, 1.82) is 0 Å². The molecule has 2 aromatic heterocycles. The maximum absolute atomic E-state index is 13.3. The molecule has 162 valence electrons. The standard InChI is InChI=1S/C23H24N2O5S/c1-4-28-23(27)21-14(2)17(15(3)24-21)12-25(22(26)20-6-5-9-31-20)11-16-7-8-18-19(10-16)30-13-29-18/h5-10,24H,4,11-13H2,1-3H3. The molecule has 0 bridgehead atoms. The second-order valence-electron chi connectivity index (χ2n) is 7.28. The number of benzene rings is 1. The molecule has 4 rings (SSSR count). The van der Waals surface area contributed by atoms with Gasteiger partial charge >= 0.3 is 5.97 Å². The molecule has 0 unspecified atom stereocenters. The number of aromatic nitrogens is 1. The summed E-state index contributed by atoms with van der Waals surface area (Å²) in [7, 11) is 0. The molecule has 1 N–H and O–H groups in total. The van der Waals surface area contributed by atoms with E-state index in [4.69, 9.17) is 14.2 Å². The van der Waals surface area contributed by atoms with E-state index in [9.17, 15) is 9.59 Å². The fraction of sp³-hybridized carbons (Fsp3) is 0.304. The van der Waals surface area contributed by atoms with Crippen LogP contribution >= 0.6 is 11.3 Å². The number of nitrogens with zero attached hydrogens (tertiary/aromatic N) is 1. The van der Waals surface area contributed by atoms with E-state index in [2.05, 4.69) is 4.98 Å². The molecule has 0 spiro atoms. The molecule has 1 aliphatic heterocycles. The van der Waals surface area contributed by atoms with Gasteiger partial charge < -0.3 is 24.1 Å². The van der Waals surface area contributed by atoms with Crippen LogP contribution < -0.4 is 9.47 Å². The summed E-state index contributed by atoms with van der Waals surface area (Å²) >= 11 is 1.41. The predicted octanol–water partition coefficient (Wildman–Crippen LogP) is 4.44. The van der Waals surface area contributed by atoms with Gasteiger partial charge in [0.05, 0.1) is 11.5 Å². The highest BCUT2D eigenvalue weighted by atomic mass is 32.1. The number of thiophene rings is 1. The zero-order valence-corrected chi connectivity index (χ0v) is 18.5. The molecule has 1 amide bonds. The van der Waals surface area contributed by atoms with Crippen LogP contribution in [0.1, 0.15) is 49.5 Å². The van der Waals surface area contributed by atoms with E-state index >= 15 is 0 Å². The number of H-pyrrole nitrogens is 1. The van der Waals surface area contributed by atoms with Gasteiger partial charge in [0.25, 0.3) is 5.91 Å². The third kappa shape index (κ3) is 4.29. The van der Waals surface area contributed by atoms with Crippen molar-refractivity contribution in [3.63, 3.8) is 0 Å². The molecule has 0 fully saturated rings. The minimum atomic E-state index is -0.388. The van der Waals surface area contributed by atoms with Crippen molar-refractivity contribution in [2.45, 2.75) is 33.9 Å². The Labute approximate surface area is 184 Å². The Morgan fingerprint density at radius 2 is 1.97 bits per heavy atom. The van der Waals surface area contributed by atoms with Crippen molar-refractivity contribution in [3.8, 4) is 11.5 Å². The molecule has 8 heteroatoms. The van der Waals surface area contributed by atoms with Gasteiger partial charge in [0.1, 0.15) is 5.69 Å². The number of aromatic amines is 1. The minimum absolute atomic E-state index is 0.0645. The fourth-order valence-electron chi connectivity index (χ4n) is 3.64. The molecule has 1 aromatic carbocycles. The summed E-state index contributed by atoms with van der Waals surface area (Å²) in [5, 5.41) is 1.89. The maximum Gasteiger partial charge on any atom is 0.355 e. The van der Waals surface area contributed by atoms with Gasteiger partial charge in [-0.3, -0.25) is 4.79 Å². The van der Waals surface area contributed by atoms with Crippen molar-refractivity contribution in [3.05, 3.63) is 68.7 Å². The number of amides is 1. The first-order chi connectivity index (χ1) is 15.0. The summed E-state index contributed by atoms with van der Waals surface area (Å²) in [4.78, 5) is 31.1. The molecule has 0 aliphatic carbocycles. The SMILES string of the molecule is CCOC(=O)c1[nH]c(C)c(CN(Cc2ccc3c(c2)OCO3)C(=O)c2cccs2)c1C. The van der Waals surface area contributed by atoms with Crippen LogP contribution in [0.15, 0.2) is 35.7 Å². The molecule has 31 heavy (non-hydrogen) atoms. The van der Waals surface area contributed by atoms with E-state index in [0.717, 1.165) is 22.4 Å². The molecule has 0 radical (unpaired) electrons. The zero-order chi connectivity index (χ0) is 22.0. The van der Waals surface area contributed by atoms with Gasteiger partial charge in [-0.1, -0.05) is 12.1 Å². The highest BCUT2D eigenvalue weighted by molar-refractivity contribution is 7.12. The van der Waals surface area contributed by atoms with E-state index < -0.39 is 0 Å². The first-order valence-corrected chi connectivity index (χ1v) is 10.9. The summed E-state index contributed by atoms with van der Waals surface area (Å²) in [6, 6.07) is 9.38.